The molecule has 0 unspecified atom stereocenters. The highest BCUT2D eigenvalue weighted by molar-refractivity contribution is 5.77. The zero-order valence-electron chi connectivity index (χ0n) is 6.27. The van der Waals surface area contributed by atoms with Crippen molar-refractivity contribution in [2.75, 3.05) is 0 Å². The zero-order valence-corrected chi connectivity index (χ0v) is 6.27. The third kappa shape index (κ3) is 1.82. The summed E-state index contributed by atoms with van der Waals surface area (Å²) >= 11 is 0. The second kappa shape index (κ2) is 4.12. The fourth-order valence-corrected chi connectivity index (χ4v) is 0.892. The van der Waals surface area contributed by atoms with Crippen LogP contribution in [0.1, 0.15) is 0 Å². The molecule has 0 aliphatic heterocycles. The lowest BCUT2D eigenvalue weighted by Crippen LogP contribution is -1.68. The summed E-state index contributed by atoms with van der Waals surface area (Å²) in [6, 6.07) is 4.00. The van der Waals surface area contributed by atoms with Gasteiger partial charge >= 0.3 is 0 Å². The number of carboxylic acid groups (broad SMARTS) is 1. The van der Waals surface area contributed by atoms with Gasteiger partial charge in [-0.3, -0.25) is 9.78 Å². The SMILES string of the molecule is O=CO.c1cc2cc[nH]c2cn1. The van der Waals surface area contributed by atoms with Gasteiger partial charge in [0.25, 0.3) is 6.47 Å². The summed E-state index contributed by atoms with van der Waals surface area (Å²) < 4.78 is 0. The summed E-state index contributed by atoms with van der Waals surface area (Å²) in [5.41, 5.74) is 1.09. The van der Waals surface area contributed by atoms with Crippen molar-refractivity contribution in [2.45, 2.75) is 0 Å². The zero-order chi connectivity index (χ0) is 8.81. The molecule has 0 aliphatic rings. The normalized spacial score (nSPS) is 8.67. The molecule has 0 amide bonds. The van der Waals surface area contributed by atoms with E-state index in [1.807, 2.05) is 24.5 Å². The summed E-state index contributed by atoms with van der Waals surface area (Å²) in [5, 5.41) is 8.10. The predicted octanol–water partition coefficient (Wildman–Crippen LogP) is 1.26. The van der Waals surface area contributed by atoms with E-state index in [-0.39, 0.29) is 6.47 Å². The number of pyridine rings is 1. The van der Waals surface area contributed by atoms with Gasteiger partial charge in [-0.1, -0.05) is 0 Å². The maximum absolute atomic E-state index is 8.36. The summed E-state index contributed by atoms with van der Waals surface area (Å²) in [4.78, 5) is 15.4. The smallest absolute Gasteiger partial charge is 0.290 e. The quantitative estimate of drug-likeness (QED) is 0.576. The van der Waals surface area contributed by atoms with Crippen molar-refractivity contribution in [1.82, 2.24) is 9.97 Å². The van der Waals surface area contributed by atoms with Crippen molar-refractivity contribution < 1.29 is 9.90 Å². The van der Waals surface area contributed by atoms with Crippen molar-refractivity contribution in [1.29, 1.82) is 0 Å². The van der Waals surface area contributed by atoms with E-state index in [9.17, 15) is 0 Å². The van der Waals surface area contributed by atoms with Gasteiger partial charge in [-0.05, 0) is 12.1 Å². The molecule has 2 N–H and O–H groups in total. The van der Waals surface area contributed by atoms with E-state index in [4.69, 9.17) is 9.90 Å². The molecule has 12 heavy (non-hydrogen) atoms. The maximum Gasteiger partial charge on any atom is 0.290 e. The molecule has 62 valence electrons. The van der Waals surface area contributed by atoms with Crippen LogP contribution in [0.25, 0.3) is 10.9 Å². The maximum atomic E-state index is 8.36. The number of hydrogen-bond acceptors (Lipinski definition) is 2. The first-order valence-corrected chi connectivity index (χ1v) is 3.33. The predicted molar refractivity (Wildman–Crippen MR) is 44.8 cm³/mol. The summed E-state index contributed by atoms with van der Waals surface area (Å²) in [6.45, 7) is -0.250. The second-order valence-electron chi connectivity index (χ2n) is 2.05. The number of aromatic nitrogens is 2. The van der Waals surface area contributed by atoms with Gasteiger partial charge in [0.05, 0.1) is 11.7 Å². The van der Waals surface area contributed by atoms with Gasteiger partial charge in [-0.15, -0.1) is 0 Å². The van der Waals surface area contributed by atoms with E-state index in [2.05, 4.69) is 9.97 Å². The monoisotopic (exact) mass is 164 g/mol. The topological polar surface area (TPSA) is 66.0 Å². The van der Waals surface area contributed by atoms with Crippen LogP contribution in [0.3, 0.4) is 0 Å². The first-order chi connectivity index (χ1) is 5.88. The third-order valence-corrected chi connectivity index (χ3v) is 1.36. The number of H-pyrrole nitrogens is 1. The highest BCUT2D eigenvalue weighted by atomic mass is 16.3. The molecule has 2 aromatic heterocycles. The number of hydrogen-bond donors (Lipinski definition) is 2. The van der Waals surface area contributed by atoms with Crippen molar-refractivity contribution in [3.63, 3.8) is 0 Å². The number of nitrogens with one attached hydrogen (secondary N) is 1. The second-order valence-corrected chi connectivity index (χ2v) is 2.05. The fraction of sp³-hybridized carbons (Fsp3) is 0. The number of nitrogens with zero attached hydrogens (tertiary/aromatic N) is 1. The lowest BCUT2D eigenvalue weighted by molar-refractivity contribution is -0.122. The Labute approximate surface area is 68.9 Å². The van der Waals surface area contributed by atoms with Crippen LogP contribution in [0.5, 0.6) is 0 Å². The minimum Gasteiger partial charge on any atom is -0.483 e. The van der Waals surface area contributed by atoms with Crippen molar-refractivity contribution in [3.05, 3.63) is 30.7 Å². The molecular formula is C8H8N2O2. The Bertz CT molecular complexity index is 326. The van der Waals surface area contributed by atoms with Gasteiger partial charge in [0, 0.05) is 17.8 Å². The molecule has 0 atom stereocenters. The molecule has 4 nitrogen and oxygen atoms in total. The molecule has 0 fully saturated rings. The van der Waals surface area contributed by atoms with Gasteiger partial charge in [0.2, 0.25) is 0 Å². The minimum absolute atomic E-state index is 0.250. The van der Waals surface area contributed by atoms with Crippen LogP contribution in [0, 0.1) is 0 Å². The lowest BCUT2D eigenvalue weighted by Gasteiger charge is -1.82. The molecule has 2 heterocycles. The number of aromatic amines is 1. The first kappa shape index (κ1) is 8.26. The Hall–Kier alpha value is -1.84. The van der Waals surface area contributed by atoms with Gasteiger partial charge in [-0.2, -0.15) is 0 Å². The highest BCUT2D eigenvalue weighted by Gasteiger charge is 1.87. The summed E-state index contributed by atoms with van der Waals surface area (Å²) in [7, 11) is 0. The molecule has 4 heteroatoms. The molecule has 0 saturated heterocycles. The largest absolute Gasteiger partial charge is 0.483 e. The Morgan fingerprint density at radius 2 is 2.25 bits per heavy atom. The Kier molecular flexibility index (Phi) is 2.84. The average Bonchev–Trinajstić information content (AvgIpc) is 2.52. The molecule has 0 saturated carbocycles. The van der Waals surface area contributed by atoms with Crippen LogP contribution in [0.2, 0.25) is 0 Å². The average molecular weight is 164 g/mol. The van der Waals surface area contributed by atoms with Crippen LogP contribution in [0.15, 0.2) is 30.7 Å². The van der Waals surface area contributed by atoms with E-state index in [0.29, 0.717) is 0 Å². The van der Waals surface area contributed by atoms with Crippen LogP contribution < -0.4 is 0 Å². The molecule has 2 aromatic rings. The highest BCUT2D eigenvalue weighted by Crippen LogP contribution is 2.07. The van der Waals surface area contributed by atoms with Crippen LogP contribution >= 0.6 is 0 Å². The Morgan fingerprint density at radius 3 is 2.92 bits per heavy atom. The van der Waals surface area contributed by atoms with Crippen LogP contribution in [-0.4, -0.2) is 21.5 Å². The van der Waals surface area contributed by atoms with E-state index in [1.54, 1.807) is 6.20 Å². The van der Waals surface area contributed by atoms with Crippen molar-refractivity contribution >= 4 is 17.4 Å². The molecule has 2 rings (SSSR count). The van der Waals surface area contributed by atoms with Crippen LogP contribution in [-0.2, 0) is 4.79 Å². The Balaban J connectivity index is 0.000000213. The first-order valence-electron chi connectivity index (χ1n) is 3.33. The van der Waals surface area contributed by atoms with Gasteiger partial charge in [-0.25, -0.2) is 0 Å². The summed E-state index contributed by atoms with van der Waals surface area (Å²) in [6.07, 6.45) is 5.51. The van der Waals surface area contributed by atoms with E-state index in [1.165, 1.54) is 5.39 Å². The number of rotatable bonds is 0. The molecular weight excluding hydrogens is 156 g/mol. The minimum atomic E-state index is -0.250. The fourth-order valence-electron chi connectivity index (χ4n) is 0.892. The molecule has 0 aromatic carbocycles. The standard InChI is InChI=1S/C7H6N2.CH2O2/c1-3-8-5-7-6(1)2-4-9-7;2-1-3/h1-5,9H;1H,(H,2,3). The molecule has 0 aliphatic carbocycles. The van der Waals surface area contributed by atoms with Crippen molar-refractivity contribution in [2.24, 2.45) is 0 Å². The molecule has 0 bridgehead atoms. The van der Waals surface area contributed by atoms with Gasteiger partial charge in [0.1, 0.15) is 0 Å². The van der Waals surface area contributed by atoms with E-state index < -0.39 is 0 Å². The van der Waals surface area contributed by atoms with Crippen LogP contribution in [0.4, 0.5) is 0 Å². The molecule has 0 radical (unpaired) electrons. The van der Waals surface area contributed by atoms with Gasteiger partial charge in [0.15, 0.2) is 0 Å². The van der Waals surface area contributed by atoms with Crippen molar-refractivity contribution in [3.8, 4) is 0 Å². The van der Waals surface area contributed by atoms with E-state index >= 15 is 0 Å². The summed E-state index contributed by atoms with van der Waals surface area (Å²) in [5.74, 6) is 0. The Morgan fingerprint density at radius 1 is 1.50 bits per heavy atom. The van der Waals surface area contributed by atoms with E-state index in [0.717, 1.165) is 5.52 Å². The number of fused-ring (bicyclic) bond motifs is 1. The lowest BCUT2D eigenvalue weighted by atomic mass is 10.3. The third-order valence-electron chi connectivity index (χ3n) is 1.36. The number of carbonyl (C=O) groups is 1. The van der Waals surface area contributed by atoms with Gasteiger partial charge < -0.3 is 10.1 Å². The molecule has 0 spiro atoms.